The molecule has 1 heterocycles. The number of hydrogen-bond acceptors (Lipinski definition) is 4. The van der Waals surface area contributed by atoms with Crippen molar-refractivity contribution in [2.24, 2.45) is 11.3 Å². The fourth-order valence-corrected chi connectivity index (χ4v) is 4.67. The number of carboxylic acid groups (broad SMARTS) is 1. The van der Waals surface area contributed by atoms with Gasteiger partial charge < -0.3 is 10.4 Å². The zero-order chi connectivity index (χ0) is 26.1. The van der Waals surface area contributed by atoms with Crippen LogP contribution in [0.3, 0.4) is 0 Å². The maximum absolute atomic E-state index is 12.5. The van der Waals surface area contributed by atoms with E-state index in [2.05, 4.69) is 5.32 Å². The summed E-state index contributed by atoms with van der Waals surface area (Å²) in [5.74, 6) is -1.19. The summed E-state index contributed by atoms with van der Waals surface area (Å²) in [6.07, 6.45) is 17.3. The van der Waals surface area contributed by atoms with Crippen LogP contribution in [0.4, 0.5) is 0 Å². The first-order chi connectivity index (χ1) is 16.6. The predicted octanol–water partition coefficient (Wildman–Crippen LogP) is 5.85. The van der Waals surface area contributed by atoms with Crippen molar-refractivity contribution in [3.8, 4) is 0 Å². The third-order valence-electron chi connectivity index (χ3n) is 6.99. The number of nitrogens with zero attached hydrogens (tertiary/aromatic N) is 1. The van der Waals surface area contributed by atoms with Crippen LogP contribution in [0.15, 0.2) is 0 Å². The number of nitrogens with one attached hydrogen (secondary N) is 1. The van der Waals surface area contributed by atoms with Crippen LogP contribution in [0.2, 0.25) is 0 Å². The van der Waals surface area contributed by atoms with Crippen molar-refractivity contribution in [1.29, 1.82) is 0 Å². The van der Waals surface area contributed by atoms with Gasteiger partial charge in [-0.15, -0.1) is 0 Å². The van der Waals surface area contributed by atoms with E-state index in [0.29, 0.717) is 19.4 Å². The Hall–Kier alpha value is -1.92. The van der Waals surface area contributed by atoms with E-state index in [4.69, 9.17) is 5.11 Å². The van der Waals surface area contributed by atoms with Crippen molar-refractivity contribution in [2.45, 2.75) is 130 Å². The molecule has 202 valence electrons. The van der Waals surface area contributed by atoms with Crippen molar-refractivity contribution in [2.75, 3.05) is 13.1 Å². The van der Waals surface area contributed by atoms with Gasteiger partial charge in [-0.1, -0.05) is 97.8 Å². The van der Waals surface area contributed by atoms with Gasteiger partial charge in [-0.25, -0.2) is 0 Å². The van der Waals surface area contributed by atoms with Gasteiger partial charge in [0.25, 0.3) is 0 Å². The minimum Gasteiger partial charge on any atom is -0.481 e. The molecule has 1 unspecified atom stereocenters. The first-order valence-electron chi connectivity index (χ1n) is 14.0. The summed E-state index contributed by atoms with van der Waals surface area (Å²) >= 11 is 0. The fraction of sp³-hybridized carbons (Fsp3) is 0.857. The van der Waals surface area contributed by atoms with Gasteiger partial charge in [0, 0.05) is 32.4 Å². The van der Waals surface area contributed by atoms with Crippen LogP contribution in [0.25, 0.3) is 0 Å². The number of carbonyl (C=O) groups is 4. The Morgan fingerprint density at radius 2 is 1.23 bits per heavy atom. The number of aliphatic carboxylic acids is 1. The van der Waals surface area contributed by atoms with Gasteiger partial charge >= 0.3 is 5.97 Å². The predicted molar refractivity (Wildman–Crippen MR) is 139 cm³/mol. The number of likely N-dealkylation sites (tertiary alicyclic amines) is 1. The smallest absolute Gasteiger partial charge is 0.303 e. The molecule has 0 saturated carbocycles. The van der Waals surface area contributed by atoms with E-state index < -0.39 is 5.97 Å². The van der Waals surface area contributed by atoms with Crippen LogP contribution in [-0.2, 0) is 19.2 Å². The summed E-state index contributed by atoms with van der Waals surface area (Å²) in [6.45, 7) is 6.54. The highest BCUT2D eigenvalue weighted by Crippen LogP contribution is 2.35. The number of carbonyl (C=O) groups excluding carboxylic acids is 3. The molecular weight excluding hydrogens is 444 g/mol. The van der Waals surface area contributed by atoms with Crippen molar-refractivity contribution >= 4 is 23.7 Å². The first kappa shape index (κ1) is 31.1. The second-order valence-electron chi connectivity index (χ2n) is 11.2. The van der Waals surface area contributed by atoms with Crippen LogP contribution < -0.4 is 5.32 Å². The lowest BCUT2D eigenvalue weighted by Crippen LogP contribution is -2.39. The summed E-state index contributed by atoms with van der Waals surface area (Å²) in [7, 11) is 0. The van der Waals surface area contributed by atoms with Gasteiger partial charge in [0.1, 0.15) is 0 Å². The fourth-order valence-electron chi connectivity index (χ4n) is 4.67. The average molecular weight is 495 g/mol. The molecular formula is C28H50N2O5. The molecule has 0 aromatic carbocycles. The summed E-state index contributed by atoms with van der Waals surface area (Å²) in [5.41, 5.74) is -0.225. The molecule has 1 saturated heterocycles. The zero-order valence-electron chi connectivity index (χ0n) is 22.5. The molecule has 1 fully saturated rings. The molecule has 1 aliphatic rings. The largest absolute Gasteiger partial charge is 0.481 e. The third-order valence-corrected chi connectivity index (χ3v) is 6.99. The van der Waals surface area contributed by atoms with E-state index >= 15 is 0 Å². The van der Waals surface area contributed by atoms with Crippen molar-refractivity contribution in [3.05, 3.63) is 0 Å². The molecule has 7 nitrogen and oxygen atoms in total. The SMILES string of the molecule is CC(C)(C)C1CC(=O)N(CCNC(=O)CCCCCCCCCCCCCCCCC(=O)O)C1=O. The van der Waals surface area contributed by atoms with E-state index in [1.807, 2.05) is 20.8 Å². The summed E-state index contributed by atoms with van der Waals surface area (Å²) in [4.78, 5) is 48.4. The van der Waals surface area contributed by atoms with Crippen molar-refractivity contribution in [3.63, 3.8) is 0 Å². The van der Waals surface area contributed by atoms with Crippen LogP contribution in [-0.4, -0.2) is 46.8 Å². The molecule has 0 radical (unpaired) electrons. The second kappa shape index (κ2) is 17.5. The molecule has 0 bridgehead atoms. The molecule has 1 rings (SSSR count). The highest BCUT2D eigenvalue weighted by molar-refractivity contribution is 6.03. The van der Waals surface area contributed by atoms with E-state index in [-0.39, 0.29) is 42.0 Å². The third kappa shape index (κ3) is 14.3. The lowest BCUT2D eigenvalue weighted by molar-refractivity contribution is -0.141. The molecule has 3 amide bonds. The molecule has 35 heavy (non-hydrogen) atoms. The Labute approximate surface area is 212 Å². The number of amides is 3. The first-order valence-corrected chi connectivity index (χ1v) is 14.0. The van der Waals surface area contributed by atoms with Gasteiger partial charge in [0.15, 0.2) is 0 Å². The van der Waals surface area contributed by atoms with Crippen molar-refractivity contribution < 1.29 is 24.3 Å². The van der Waals surface area contributed by atoms with Gasteiger partial charge in [-0.05, 0) is 18.3 Å². The Morgan fingerprint density at radius 3 is 1.63 bits per heavy atom. The number of unbranched alkanes of at least 4 members (excludes halogenated alkanes) is 13. The van der Waals surface area contributed by atoms with Crippen LogP contribution in [0.5, 0.6) is 0 Å². The molecule has 0 aromatic heterocycles. The summed E-state index contributed by atoms with van der Waals surface area (Å²) in [6, 6.07) is 0. The number of hydrogen-bond donors (Lipinski definition) is 2. The quantitative estimate of drug-likeness (QED) is 0.163. The number of carboxylic acids is 1. The molecule has 0 spiro atoms. The minimum atomic E-state index is -0.687. The van der Waals surface area contributed by atoms with Crippen LogP contribution in [0.1, 0.15) is 130 Å². The van der Waals surface area contributed by atoms with E-state index in [1.165, 1.54) is 56.3 Å². The molecule has 2 N–H and O–H groups in total. The minimum absolute atomic E-state index is 0.00153. The van der Waals surface area contributed by atoms with Gasteiger partial charge in [-0.3, -0.25) is 24.1 Å². The Bertz CT molecular complexity index is 656. The Kier molecular flexibility index (Phi) is 15.6. The molecule has 1 atom stereocenters. The second-order valence-corrected chi connectivity index (χ2v) is 11.2. The van der Waals surface area contributed by atoms with Gasteiger partial charge in [0.2, 0.25) is 17.7 Å². The molecule has 1 aliphatic heterocycles. The van der Waals surface area contributed by atoms with E-state index in [9.17, 15) is 19.2 Å². The maximum Gasteiger partial charge on any atom is 0.303 e. The Morgan fingerprint density at radius 1 is 0.800 bits per heavy atom. The number of rotatable bonds is 20. The molecule has 0 aliphatic carbocycles. The zero-order valence-corrected chi connectivity index (χ0v) is 22.5. The van der Waals surface area contributed by atoms with Crippen molar-refractivity contribution in [1.82, 2.24) is 10.2 Å². The molecule has 7 heteroatoms. The van der Waals surface area contributed by atoms with E-state index in [1.54, 1.807) is 0 Å². The highest BCUT2D eigenvalue weighted by Gasteiger charge is 2.44. The normalized spacial score (nSPS) is 16.2. The lowest BCUT2D eigenvalue weighted by atomic mass is 9.80. The molecule has 0 aromatic rings. The van der Waals surface area contributed by atoms with E-state index in [0.717, 1.165) is 38.5 Å². The van der Waals surface area contributed by atoms with Crippen LogP contribution >= 0.6 is 0 Å². The monoisotopic (exact) mass is 494 g/mol. The summed E-state index contributed by atoms with van der Waals surface area (Å²) < 4.78 is 0. The van der Waals surface area contributed by atoms with Gasteiger partial charge in [0.05, 0.1) is 5.92 Å². The maximum atomic E-state index is 12.5. The average Bonchev–Trinajstić information content (AvgIpc) is 3.07. The highest BCUT2D eigenvalue weighted by atomic mass is 16.4. The lowest BCUT2D eigenvalue weighted by Gasteiger charge is -2.24. The van der Waals surface area contributed by atoms with Crippen LogP contribution in [0, 0.1) is 11.3 Å². The topological polar surface area (TPSA) is 104 Å². The van der Waals surface area contributed by atoms with Gasteiger partial charge in [-0.2, -0.15) is 0 Å². The Balaban J connectivity index is 1.89. The summed E-state index contributed by atoms with van der Waals surface area (Å²) in [5, 5.41) is 11.5. The standard InChI is InChI=1S/C28H50N2O5/c1-28(2,3)23-22-25(32)30(27(23)35)21-20-29-24(31)18-16-14-12-10-8-6-4-5-7-9-11-13-15-17-19-26(33)34/h23H,4-22H2,1-3H3,(H,29,31)(H,33,34). The number of imide groups is 1.